The van der Waals surface area contributed by atoms with Crippen LogP contribution in [0.1, 0.15) is 68.7 Å². The van der Waals surface area contributed by atoms with E-state index >= 15 is 8.78 Å². The second-order valence-electron chi connectivity index (χ2n) is 14.4. The van der Waals surface area contributed by atoms with Crippen LogP contribution in [-0.4, -0.2) is 57.3 Å². The van der Waals surface area contributed by atoms with Gasteiger partial charge in [-0.15, -0.1) is 0 Å². The van der Waals surface area contributed by atoms with Gasteiger partial charge >= 0.3 is 0 Å². The highest BCUT2D eigenvalue weighted by atomic mass is 32.2. The van der Waals surface area contributed by atoms with Crippen LogP contribution in [0.4, 0.5) is 8.78 Å². The molecule has 2 amide bonds. The van der Waals surface area contributed by atoms with Crippen LogP contribution >= 0.6 is 11.8 Å². The summed E-state index contributed by atoms with van der Waals surface area (Å²) >= 11 is 1.81. The first-order valence-corrected chi connectivity index (χ1v) is 18.3. The molecule has 2 unspecified atom stereocenters. The van der Waals surface area contributed by atoms with Crippen LogP contribution in [0.15, 0.2) is 70.8 Å². The molecule has 2 atom stereocenters. The molecule has 12 heteroatoms. The number of hydrogen-bond donors (Lipinski definition) is 3. The number of benzene rings is 3. The molecule has 4 aromatic rings. The number of hydroxylamine groups is 2. The molecule has 0 aliphatic carbocycles. The van der Waals surface area contributed by atoms with Crippen LogP contribution in [0.5, 0.6) is 11.5 Å². The van der Waals surface area contributed by atoms with Gasteiger partial charge in [-0.3, -0.25) is 19.8 Å². The van der Waals surface area contributed by atoms with Gasteiger partial charge in [-0.05, 0) is 84.9 Å². The number of nitrogens with two attached hydrogens (primary N) is 1. The Morgan fingerprint density at radius 3 is 2.65 bits per heavy atom. The SMILES string of the molecule is CN=C1N=C(N)C(C)(c2cccc(CC3CC(=O)N(O)C3=O)c2)CCCC(C)(C)CSCCc2c(c(F)cc3[nH]ccc23)Oc2ccc(F)c1c2. The van der Waals surface area contributed by atoms with E-state index in [0.29, 0.717) is 18.4 Å². The first-order chi connectivity index (χ1) is 24.3. The maximum absolute atomic E-state index is 15.6. The van der Waals surface area contributed by atoms with Crippen molar-refractivity contribution in [1.29, 1.82) is 0 Å². The summed E-state index contributed by atoms with van der Waals surface area (Å²) in [5.41, 5.74) is 9.17. The number of nitrogens with one attached hydrogen (secondary N) is 1. The molecule has 4 N–H and O–H groups in total. The van der Waals surface area contributed by atoms with Crippen LogP contribution < -0.4 is 10.5 Å². The minimum absolute atomic E-state index is 0.0302. The Morgan fingerprint density at radius 1 is 1.10 bits per heavy atom. The number of imide groups is 1. The van der Waals surface area contributed by atoms with Crippen molar-refractivity contribution in [1.82, 2.24) is 10.0 Å². The van der Waals surface area contributed by atoms with Crippen molar-refractivity contribution >= 4 is 46.2 Å². The summed E-state index contributed by atoms with van der Waals surface area (Å²) in [6, 6.07) is 15.1. The zero-order valence-corrected chi connectivity index (χ0v) is 30.1. The van der Waals surface area contributed by atoms with Crippen molar-refractivity contribution in [2.45, 2.75) is 64.7 Å². The number of aliphatic imine (C=N–C) groups is 2. The molecule has 1 saturated heterocycles. The van der Waals surface area contributed by atoms with Crippen LogP contribution in [0.3, 0.4) is 0 Å². The first-order valence-electron chi connectivity index (χ1n) is 17.1. The van der Waals surface area contributed by atoms with Crippen molar-refractivity contribution in [2.24, 2.45) is 27.1 Å². The fourth-order valence-electron chi connectivity index (χ4n) is 7.01. The number of aryl methyl sites for hydroxylation is 1. The van der Waals surface area contributed by atoms with E-state index < -0.39 is 34.8 Å². The monoisotopic (exact) mass is 715 g/mol. The highest BCUT2D eigenvalue weighted by Crippen LogP contribution is 2.39. The first kappa shape index (κ1) is 36.2. The van der Waals surface area contributed by atoms with Gasteiger partial charge in [0, 0.05) is 47.6 Å². The van der Waals surface area contributed by atoms with E-state index in [9.17, 15) is 14.8 Å². The van der Waals surface area contributed by atoms with Crippen molar-refractivity contribution in [2.75, 3.05) is 18.6 Å². The van der Waals surface area contributed by atoms with Gasteiger partial charge in [0.2, 0.25) is 0 Å². The van der Waals surface area contributed by atoms with E-state index in [1.165, 1.54) is 31.3 Å². The van der Waals surface area contributed by atoms with E-state index in [4.69, 9.17) is 15.5 Å². The number of carbonyl (C=O) groups is 2. The third kappa shape index (κ3) is 7.57. The number of thioether (sulfide) groups is 1. The zero-order valence-electron chi connectivity index (χ0n) is 29.3. The number of amidine groups is 2. The Morgan fingerprint density at radius 2 is 1.90 bits per heavy atom. The highest BCUT2D eigenvalue weighted by molar-refractivity contribution is 7.99. The molecule has 0 saturated carbocycles. The number of hydrogen-bond acceptors (Lipinski definition) is 7. The average Bonchev–Trinajstić information content (AvgIpc) is 3.66. The van der Waals surface area contributed by atoms with Gasteiger partial charge in [-0.2, -0.15) is 16.8 Å². The Balaban J connectivity index is 1.41. The minimum atomic E-state index is -0.826. The number of nitrogens with zero attached hydrogens (tertiary/aromatic N) is 3. The molecular formula is C39H43F2N5O4S. The molecule has 2 aliphatic rings. The summed E-state index contributed by atoms with van der Waals surface area (Å²) in [4.78, 5) is 36.6. The van der Waals surface area contributed by atoms with E-state index in [-0.39, 0.29) is 52.1 Å². The van der Waals surface area contributed by atoms with Crippen molar-refractivity contribution < 1.29 is 28.3 Å². The predicted molar refractivity (Wildman–Crippen MR) is 197 cm³/mol. The third-order valence-corrected chi connectivity index (χ3v) is 11.5. The van der Waals surface area contributed by atoms with Gasteiger partial charge in [0.15, 0.2) is 17.4 Å². The van der Waals surface area contributed by atoms with Gasteiger partial charge in [0.05, 0.1) is 11.5 Å². The molecule has 51 heavy (non-hydrogen) atoms. The number of fused-ring (bicyclic) bond motifs is 5. The van der Waals surface area contributed by atoms with Crippen LogP contribution in [0.2, 0.25) is 0 Å². The quantitative estimate of drug-likeness (QED) is 0.147. The molecule has 3 heterocycles. The fraction of sp³-hybridized carbons (Fsp3) is 0.385. The summed E-state index contributed by atoms with van der Waals surface area (Å²) in [5.74, 6) is -0.777. The summed E-state index contributed by atoms with van der Waals surface area (Å²) in [6.07, 6.45) is 4.86. The lowest BCUT2D eigenvalue weighted by atomic mass is 9.74. The topological polar surface area (TPSA) is 133 Å². The predicted octanol–water partition coefficient (Wildman–Crippen LogP) is 7.72. The summed E-state index contributed by atoms with van der Waals surface area (Å²) in [6.45, 7) is 6.46. The van der Waals surface area contributed by atoms with E-state index in [1.807, 2.05) is 49.0 Å². The summed E-state index contributed by atoms with van der Waals surface area (Å²) < 4.78 is 37.4. The lowest BCUT2D eigenvalue weighted by Gasteiger charge is -2.32. The molecule has 1 fully saturated rings. The van der Waals surface area contributed by atoms with Gasteiger partial charge in [-0.25, -0.2) is 13.8 Å². The number of ether oxygens (including phenoxy) is 1. The summed E-state index contributed by atoms with van der Waals surface area (Å²) in [5, 5.41) is 10.9. The molecule has 9 nitrogen and oxygen atoms in total. The highest BCUT2D eigenvalue weighted by Gasteiger charge is 2.38. The number of halogens is 2. The maximum Gasteiger partial charge on any atom is 0.257 e. The zero-order chi connectivity index (χ0) is 36.5. The second-order valence-corrected chi connectivity index (χ2v) is 15.5. The normalized spacial score (nSPS) is 22.7. The van der Waals surface area contributed by atoms with Gasteiger partial charge < -0.3 is 15.5 Å². The Kier molecular flexibility index (Phi) is 10.4. The maximum atomic E-state index is 15.6. The van der Waals surface area contributed by atoms with E-state index in [0.717, 1.165) is 46.4 Å². The largest absolute Gasteiger partial charge is 0.454 e. The van der Waals surface area contributed by atoms with Crippen molar-refractivity contribution in [3.63, 3.8) is 0 Å². The van der Waals surface area contributed by atoms with Gasteiger partial charge in [0.1, 0.15) is 17.4 Å². The molecule has 2 aliphatic heterocycles. The second kappa shape index (κ2) is 14.6. The van der Waals surface area contributed by atoms with Crippen molar-refractivity contribution in [3.8, 4) is 11.5 Å². The molecule has 0 radical (unpaired) electrons. The molecule has 268 valence electrons. The molecule has 0 spiro atoms. The lowest BCUT2D eigenvalue weighted by molar-refractivity contribution is -0.172. The van der Waals surface area contributed by atoms with Crippen molar-refractivity contribution in [3.05, 3.63) is 94.7 Å². The van der Waals surface area contributed by atoms with Crippen LogP contribution in [0.25, 0.3) is 10.9 Å². The fourth-order valence-corrected chi connectivity index (χ4v) is 8.20. The Bertz CT molecular complexity index is 2040. The number of carbonyl (C=O) groups excluding carboxylic acids is 2. The van der Waals surface area contributed by atoms with Crippen LogP contribution in [0, 0.1) is 23.0 Å². The summed E-state index contributed by atoms with van der Waals surface area (Å²) in [7, 11) is 1.51. The molecular weight excluding hydrogens is 673 g/mol. The number of amides is 2. The molecule has 3 aromatic carbocycles. The third-order valence-electron chi connectivity index (χ3n) is 10.0. The standard InChI is InChI=1S/C39H43F2N5O4S/c1-38(2)13-6-14-39(3,25-8-5-7-23(18-25)17-24-19-33(47)46(49)36(24)48)37(42)45-35(43-4)29-20-26(9-10-30(29)40)50-34-28(12-16-51-22-38)27-11-15-44-32(27)21-31(34)41/h5,7-11,15,18,20-21,24,44,49H,6,12-14,16-17,19,22H2,1-4H3,(H2,42,43,45). The number of aromatic amines is 1. The number of H-pyrrole nitrogens is 1. The minimum Gasteiger partial charge on any atom is -0.454 e. The smallest absolute Gasteiger partial charge is 0.257 e. The van der Waals surface area contributed by atoms with Gasteiger partial charge in [-0.1, -0.05) is 44.5 Å². The number of aromatic nitrogens is 1. The lowest BCUT2D eigenvalue weighted by Crippen LogP contribution is -2.40. The van der Waals surface area contributed by atoms with E-state index in [1.54, 1.807) is 6.20 Å². The average molecular weight is 716 g/mol. The number of rotatable bonds is 3. The molecule has 6 rings (SSSR count). The Labute approximate surface area is 300 Å². The van der Waals surface area contributed by atoms with E-state index in [2.05, 4.69) is 23.8 Å². The molecule has 1 aromatic heterocycles. The Hall–Kier alpha value is -4.55. The molecule has 2 bridgehead atoms. The van der Waals surface area contributed by atoms with Crippen LogP contribution in [-0.2, 0) is 27.8 Å². The van der Waals surface area contributed by atoms with Gasteiger partial charge in [0.25, 0.3) is 11.8 Å².